The van der Waals surface area contributed by atoms with Gasteiger partial charge in [-0.1, -0.05) is 6.07 Å². The normalized spacial score (nSPS) is 27.0. The van der Waals surface area contributed by atoms with E-state index in [0.717, 1.165) is 31.2 Å². The third-order valence-electron chi connectivity index (χ3n) is 9.72. The predicted molar refractivity (Wildman–Crippen MR) is 148 cm³/mol. The molecule has 3 aliphatic heterocycles. The van der Waals surface area contributed by atoms with E-state index in [2.05, 4.69) is 17.3 Å². The number of nitrogens with zero attached hydrogens (tertiary/aromatic N) is 3. The third-order valence-corrected chi connectivity index (χ3v) is 9.72. The van der Waals surface area contributed by atoms with Crippen LogP contribution in [0.25, 0.3) is 0 Å². The van der Waals surface area contributed by atoms with Crippen molar-refractivity contribution in [3.8, 4) is 0 Å². The summed E-state index contributed by atoms with van der Waals surface area (Å²) in [6.45, 7) is 3.50. The number of hydrogen-bond acceptors (Lipinski definition) is 3. The van der Waals surface area contributed by atoms with Crippen LogP contribution < -0.4 is 5.32 Å². The fraction of sp³-hybridized carbons (Fsp3) is 0.581. The lowest BCUT2D eigenvalue weighted by Crippen LogP contribution is -2.51. The highest BCUT2D eigenvalue weighted by molar-refractivity contribution is 5.76. The first kappa shape index (κ1) is 31.6. The van der Waals surface area contributed by atoms with Crippen molar-refractivity contribution in [1.29, 1.82) is 0 Å². The average molecular weight is 615 g/mol. The van der Waals surface area contributed by atoms with Gasteiger partial charge >= 0.3 is 18.4 Å². The lowest BCUT2D eigenvalue weighted by molar-refractivity contribution is -0.143. The molecular weight excluding hydrogens is 577 g/mol. The molecule has 2 bridgehead atoms. The summed E-state index contributed by atoms with van der Waals surface area (Å²) < 4.78 is 95.2. The van der Waals surface area contributed by atoms with Crippen LogP contribution in [0, 0.1) is 12.7 Å². The fourth-order valence-corrected chi connectivity index (χ4v) is 7.20. The van der Waals surface area contributed by atoms with Crippen LogP contribution in [0.1, 0.15) is 78.9 Å². The molecule has 0 saturated carbocycles. The van der Waals surface area contributed by atoms with Crippen molar-refractivity contribution in [2.75, 3.05) is 20.6 Å². The van der Waals surface area contributed by atoms with Gasteiger partial charge in [-0.2, -0.15) is 26.3 Å². The lowest BCUT2D eigenvalue weighted by atomic mass is 9.92. The third kappa shape index (κ3) is 6.36. The highest BCUT2D eigenvalue weighted by atomic mass is 19.4. The zero-order valence-corrected chi connectivity index (χ0v) is 24.6. The summed E-state index contributed by atoms with van der Waals surface area (Å²) in [5.74, 6) is -0.413. The van der Waals surface area contributed by atoms with Gasteiger partial charge in [-0.25, -0.2) is 9.18 Å². The van der Waals surface area contributed by atoms with Gasteiger partial charge in [0, 0.05) is 37.8 Å². The summed E-state index contributed by atoms with van der Waals surface area (Å²) in [7, 11) is 3.53. The molecule has 12 heteroatoms. The molecule has 236 valence electrons. The van der Waals surface area contributed by atoms with Crippen LogP contribution in [0.5, 0.6) is 0 Å². The average Bonchev–Trinajstić information content (AvgIpc) is 3.40. The number of likely N-dealkylation sites (tertiary alicyclic amines) is 1. The molecule has 0 aliphatic carbocycles. The van der Waals surface area contributed by atoms with Crippen LogP contribution in [-0.4, -0.2) is 65.5 Å². The smallest absolute Gasteiger partial charge is 0.321 e. The number of amides is 2. The van der Waals surface area contributed by atoms with Crippen molar-refractivity contribution in [2.45, 2.75) is 94.6 Å². The Kier molecular flexibility index (Phi) is 8.49. The van der Waals surface area contributed by atoms with Gasteiger partial charge in [-0.15, -0.1) is 0 Å². The Morgan fingerprint density at radius 2 is 1.53 bits per heavy atom. The van der Waals surface area contributed by atoms with E-state index in [0.29, 0.717) is 42.7 Å². The molecule has 1 N–H and O–H groups in total. The zero-order valence-electron chi connectivity index (χ0n) is 24.6. The second kappa shape index (κ2) is 11.6. The number of piperidine rings is 1. The van der Waals surface area contributed by atoms with E-state index in [1.54, 1.807) is 17.9 Å². The molecular formula is C31H37F7N4O. The first-order chi connectivity index (χ1) is 20.0. The van der Waals surface area contributed by atoms with Gasteiger partial charge in [-0.3, -0.25) is 0 Å². The van der Waals surface area contributed by atoms with E-state index in [1.807, 2.05) is 0 Å². The van der Waals surface area contributed by atoms with Crippen LogP contribution in [0.3, 0.4) is 0 Å². The number of halogens is 7. The number of hydrogen-bond donors (Lipinski definition) is 1. The molecule has 2 aromatic rings. The number of nitrogens with one attached hydrogen (secondary N) is 1. The number of rotatable bonds is 5. The minimum Gasteiger partial charge on any atom is -0.321 e. The molecule has 0 spiro atoms. The van der Waals surface area contributed by atoms with Crippen molar-refractivity contribution in [2.24, 2.45) is 0 Å². The molecule has 0 radical (unpaired) electrons. The molecule has 3 saturated heterocycles. The van der Waals surface area contributed by atoms with Crippen LogP contribution in [0.2, 0.25) is 0 Å². The van der Waals surface area contributed by atoms with E-state index >= 15 is 0 Å². The summed E-state index contributed by atoms with van der Waals surface area (Å²) in [6, 6.07) is 4.73. The monoisotopic (exact) mass is 614 g/mol. The van der Waals surface area contributed by atoms with Crippen molar-refractivity contribution < 1.29 is 35.5 Å². The standard InChI is InChI=1S/C31H37F7N4O/c1-17-11-22(32)5-8-26(17)28-27(39-23-15-24-6-7-25(16-23)41(24)4)9-10-42(28)29(43)40(3)18(2)19-12-20(30(33,34)35)14-21(13-19)31(36,37)38/h5,8,11-14,18,23-25,27-28,39H,6-7,9-10,15-16H2,1-4H3/t18-,23?,24?,25?,27?,28?/m0/s1. The number of urea groups is 1. The largest absolute Gasteiger partial charge is 0.416 e. The predicted octanol–water partition coefficient (Wildman–Crippen LogP) is 7.31. The zero-order chi connectivity index (χ0) is 31.4. The molecule has 3 fully saturated rings. The first-order valence-corrected chi connectivity index (χ1v) is 14.6. The number of carbonyl (C=O) groups excluding carboxylic acids is 1. The quantitative estimate of drug-likeness (QED) is 0.359. The minimum atomic E-state index is -5.00. The maximum atomic E-state index is 14.1. The Bertz CT molecular complexity index is 1300. The van der Waals surface area contributed by atoms with Crippen molar-refractivity contribution >= 4 is 6.03 Å². The number of carbonyl (C=O) groups is 1. The minimum absolute atomic E-state index is 0.0807. The molecule has 43 heavy (non-hydrogen) atoms. The molecule has 5 nitrogen and oxygen atoms in total. The van der Waals surface area contributed by atoms with E-state index < -0.39 is 47.4 Å². The summed E-state index contributed by atoms with van der Waals surface area (Å²) in [5.41, 5.74) is -1.73. The van der Waals surface area contributed by atoms with Gasteiger partial charge in [0.1, 0.15) is 5.82 Å². The van der Waals surface area contributed by atoms with Gasteiger partial charge in [-0.05, 0) is 100 Å². The maximum absolute atomic E-state index is 14.1. The summed E-state index contributed by atoms with van der Waals surface area (Å²) >= 11 is 0. The van der Waals surface area contributed by atoms with Crippen molar-refractivity contribution in [1.82, 2.24) is 20.0 Å². The number of benzene rings is 2. The second-order valence-corrected chi connectivity index (χ2v) is 12.3. The highest BCUT2D eigenvalue weighted by Crippen LogP contribution is 2.41. The molecule has 0 aromatic heterocycles. The molecule has 2 amide bonds. The molecule has 3 aliphatic rings. The van der Waals surface area contributed by atoms with E-state index in [4.69, 9.17) is 0 Å². The van der Waals surface area contributed by atoms with E-state index in [1.165, 1.54) is 31.0 Å². The summed E-state index contributed by atoms with van der Waals surface area (Å²) in [4.78, 5) is 19.2. The second-order valence-electron chi connectivity index (χ2n) is 12.3. The Labute approximate surface area is 247 Å². The highest BCUT2D eigenvalue weighted by Gasteiger charge is 2.45. The number of aryl methyl sites for hydroxylation is 1. The number of fused-ring (bicyclic) bond motifs is 2. The molecule has 2 aromatic carbocycles. The SMILES string of the molecule is Cc1cc(F)ccc1C1C(NC2CC3CCC(C2)N3C)CCN1C(=O)N(C)[C@@H](C)c1cc(C(F)(F)F)cc(C(F)(F)F)c1. The van der Waals surface area contributed by atoms with Crippen molar-refractivity contribution in [3.05, 3.63) is 70.0 Å². The first-order valence-electron chi connectivity index (χ1n) is 14.6. The van der Waals surface area contributed by atoms with Gasteiger partial charge in [0.25, 0.3) is 0 Å². The molecule has 3 heterocycles. The van der Waals surface area contributed by atoms with Crippen molar-refractivity contribution in [3.63, 3.8) is 0 Å². The van der Waals surface area contributed by atoms with Gasteiger partial charge in [0.05, 0.1) is 23.2 Å². The van der Waals surface area contributed by atoms with Crippen LogP contribution in [0.4, 0.5) is 35.5 Å². The molecule has 5 atom stereocenters. The topological polar surface area (TPSA) is 38.8 Å². The van der Waals surface area contributed by atoms with E-state index in [9.17, 15) is 35.5 Å². The van der Waals surface area contributed by atoms with Gasteiger partial charge in [0.2, 0.25) is 0 Å². The van der Waals surface area contributed by atoms with Crippen LogP contribution in [0.15, 0.2) is 36.4 Å². The summed E-state index contributed by atoms with van der Waals surface area (Å²) in [6.07, 6.45) is -5.16. The Morgan fingerprint density at radius 3 is 2.07 bits per heavy atom. The van der Waals surface area contributed by atoms with E-state index in [-0.39, 0.29) is 23.7 Å². The Balaban J connectivity index is 1.43. The Hall–Kier alpha value is -2.86. The Morgan fingerprint density at radius 1 is 0.953 bits per heavy atom. The number of alkyl halides is 6. The summed E-state index contributed by atoms with van der Waals surface area (Å²) in [5, 5.41) is 3.78. The van der Waals surface area contributed by atoms with Crippen LogP contribution >= 0.6 is 0 Å². The van der Waals surface area contributed by atoms with Gasteiger partial charge in [0.15, 0.2) is 0 Å². The fourth-order valence-electron chi connectivity index (χ4n) is 7.20. The molecule has 4 unspecified atom stereocenters. The van der Waals surface area contributed by atoms with Gasteiger partial charge < -0.3 is 20.0 Å². The van der Waals surface area contributed by atoms with Crippen LogP contribution in [-0.2, 0) is 12.4 Å². The molecule has 5 rings (SSSR count). The maximum Gasteiger partial charge on any atom is 0.416 e. The lowest BCUT2D eigenvalue weighted by Gasteiger charge is -2.40.